The first kappa shape index (κ1) is 14.4. The van der Waals surface area contributed by atoms with Gasteiger partial charge in [-0.3, -0.25) is 0 Å². The van der Waals surface area contributed by atoms with Gasteiger partial charge in [0.2, 0.25) is 0 Å². The summed E-state index contributed by atoms with van der Waals surface area (Å²) in [6, 6.07) is 14.7. The molecule has 2 aromatic rings. The number of hydrogen-bond acceptors (Lipinski definition) is 3. The lowest BCUT2D eigenvalue weighted by atomic mass is 9.91. The normalized spacial score (nSPS) is 15.3. The number of nitrogens with one attached hydrogen (secondary N) is 1. The summed E-state index contributed by atoms with van der Waals surface area (Å²) in [7, 11) is 0. The van der Waals surface area contributed by atoms with Crippen molar-refractivity contribution in [3.63, 3.8) is 0 Å². The van der Waals surface area contributed by atoms with Gasteiger partial charge in [0.25, 0.3) is 0 Å². The Hall–Kier alpha value is -2.55. The van der Waals surface area contributed by atoms with Crippen LogP contribution in [0.1, 0.15) is 36.7 Å². The van der Waals surface area contributed by atoms with Crippen molar-refractivity contribution >= 4 is 17.2 Å². The van der Waals surface area contributed by atoms with E-state index in [1.54, 1.807) is 12.1 Å². The molecule has 0 bridgehead atoms. The van der Waals surface area contributed by atoms with E-state index in [0.29, 0.717) is 11.3 Å². The smallest absolute Gasteiger partial charge is 0.343 e. The maximum atomic E-state index is 12.1. The SMILES string of the molecule is CC1=CC(C)(C)Nc2ccc(OC(=O)c3ccccc3)cc21. The van der Waals surface area contributed by atoms with Gasteiger partial charge in [-0.2, -0.15) is 0 Å². The minimum Gasteiger partial charge on any atom is -0.423 e. The first-order valence-corrected chi connectivity index (χ1v) is 7.34. The number of anilines is 1. The summed E-state index contributed by atoms with van der Waals surface area (Å²) in [6.07, 6.45) is 2.18. The van der Waals surface area contributed by atoms with Crippen LogP contribution in [0.5, 0.6) is 5.75 Å². The number of carbonyl (C=O) groups is 1. The van der Waals surface area contributed by atoms with Gasteiger partial charge in [-0.05, 0) is 56.7 Å². The second kappa shape index (κ2) is 5.34. The lowest BCUT2D eigenvalue weighted by Gasteiger charge is -2.31. The fourth-order valence-corrected chi connectivity index (χ4v) is 2.76. The first-order chi connectivity index (χ1) is 10.4. The van der Waals surface area contributed by atoms with Gasteiger partial charge in [-0.15, -0.1) is 0 Å². The predicted molar refractivity (Wildman–Crippen MR) is 89.2 cm³/mol. The van der Waals surface area contributed by atoms with Crippen LogP contribution in [0.15, 0.2) is 54.6 Å². The number of ether oxygens (including phenoxy) is 1. The molecule has 0 radical (unpaired) electrons. The van der Waals surface area contributed by atoms with Crippen molar-refractivity contribution in [2.75, 3.05) is 5.32 Å². The maximum Gasteiger partial charge on any atom is 0.343 e. The molecule has 1 heterocycles. The number of rotatable bonds is 2. The lowest BCUT2D eigenvalue weighted by molar-refractivity contribution is 0.0734. The van der Waals surface area contributed by atoms with Crippen LogP contribution in [-0.4, -0.2) is 11.5 Å². The van der Waals surface area contributed by atoms with Crippen LogP contribution >= 0.6 is 0 Å². The molecule has 1 aliphatic heterocycles. The molecule has 0 saturated carbocycles. The van der Waals surface area contributed by atoms with Crippen molar-refractivity contribution in [1.29, 1.82) is 0 Å². The van der Waals surface area contributed by atoms with Crippen LogP contribution in [-0.2, 0) is 0 Å². The lowest BCUT2D eigenvalue weighted by Crippen LogP contribution is -2.31. The number of esters is 1. The first-order valence-electron chi connectivity index (χ1n) is 7.34. The summed E-state index contributed by atoms with van der Waals surface area (Å²) in [4.78, 5) is 12.1. The van der Waals surface area contributed by atoms with Crippen molar-refractivity contribution in [3.8, 4) is 5.75 Å². The summed E-state index contributed by atoms with van der Waals surface area (Å²) in [5.74, 6) is 0.216. The summed E-state index contributed by atoms with van der Waals surface area (Å²) >= 11 is 0. The van der Waals surface area contributed by atoms with Crippen LogP contribution in [0.3, 0.4) is 0 Å². The van der Waals surface area contributed by atoms with Crippen LogP contribution in [0.25, 0.3) is 5.57 Å². The van der Waals surface area contributed by atoms with E-state index in [1.807, 2.05) is 36.4 Å². The Kier molecular flexibility index (Phi) is 3.49. The van der Waals surface area contributed by atoms with Gasteiger partial charge < -0.3 is 10.1 Å². The molecule has 3 rings (SSSR count). The molecule has 112 valence electrons. The second-order valence-corrected chi connectivity index (χ2v) is 6.14. The Morgan fingerprint density at radius 1 is 1.09 bits per heavy atom. The van der Waals surface area contributed by atoms with E-state index in [2.05, 4.69) is 32.2 Å². The standard InChI is InChI=1S/C19H19NO2/c1-13-12-19(2,3)20-17-10-9-15(11-16(13)17)22-18(21)14-7-5-4-6-8-14/h4-12,20H,1-3H3. The minimum absolute atomic E-state index is 0.0701. The highest BCUT2D eigenvalue weighted by molar-refractivity contribution is 5.91. The zero-order valence-electron chi connectivity index (χ0n) is 13.0. The Bertz CT molecular complexity index is 745. The molecule has 1 N–H and O–H groups in total. The minimum atomic E-state index is -0.341. The molecule has 0 fully saturated rings. The zero-order valence-corrected chi connectivity index (χ0v) is 13.0. The molecule has 3 heteroatoms. The average molecular weight is 293 g/mol. The van der Waals surface area contributed by atoms with Gasteiger partial charge >= 0.3 is 5.97 Å². The fraction of sp³-hybridized carbons (Fsp3) is 0.211. The van der Waals surface area contributed by atoms with E-state index < -0.39 is 0 Å². The van der Waals surface area contributed by atoms with Gasteiger partial charge in [0.05, 0.1) is 11.1 Å². The van der Waals surface area contributed by atoms with Crippen molar-refractivity contribution < 1.29 is 9.53 Å². The van der Waals surface area contributed by atoms with Crippen molar-refractivity contribution in [2.24, 2.45) is 0 Å². The molecule has 22 heavy (non-hydrogen) atoms. The highest BCUT2D eigenvalue weighted by Gasteiger charge is 2.22. The molecule has 0 atom stereocenters. The molecular weight excluding hydrogens is 274 g/mol. The topological polar surface area (TPSA) is 38.3 Å². The Morgan fingerprint density at radius 2 is 1.82 bits per heavy atom. The Morgan fingerprint density at radius 3 is 2.55 bits per heavy atom. The van der Waals surface area contributed by atoms with E-state index in [0.717, 1.165) is 11.3 Å². The van der Waals surface area contributed by atoms with E-state index >= 15 is 0 Å². The molecule has 2 aromatic carbocycles. The molecule has 0 aliphatic carbocycles. The third kappa shape index (κ3) is 2.89. The van der Waals surface area contributed by atoms with Crippen molar-refractivity contribution in [2.45, 2.75) is 26.3 Å². The molecule has 0 unspecified atom stereocenters. The van der Waals surface area contributed by atoms with Crippen LogP contribution in [0.4, 0.5) is 5.69 Å². The number of hydrogen-bond donors (Lipinski definition) is 1. The summed E-state index contributed by atoms with van der Waals surface area (Å²) in [5, 5.41) is 3.46. The molecule has 0 spiro atoms. The highest BCUT2D eigenvalue weighted by atomic mass is 16.5. The van der Waals surface area contributed by atoms with Gasteiger partial charge in [0.1, 0.15) is 5.75 Å². The van der Waals surface area contributed by atoms with Gasteiger partial charge in [0, 0.05) is 11.3 Å². The molecule has 1 aliphatic rings. The summed E-state index contributed by atoms with van der Waals surface area (Å²) in [5.41, 5.74) is 3.78. The van der Waals surface area contributed by atoms with E-state index in [1.165, 1.54) is 5.57 Å². The summed E-state index contributed by atoms with van der Waals surface area (Å²) in [6.45, 7) is 6.33. The van der Waals surface area contributed by atoms with Crippen LogP contribution in [0, 0.1) is 0 Å². The largest absolute Gasteiger partial charge is 0.423 e. The Labute approximate surface area is 130 Å². The number of carbonyl (C=O) groups excluding carboxylic acids is 1. The Balaban J connectivity index is 1.86. The van der Waals surface area contributed by atoms with E-state index in [9.17, 15) is 4.79 Å². The second-order valence-electron chi connectivity index (χ2n) is 6.14. The van der Waals surface area contributed by atoms with Crippen LogP contribution in [0.2, 0.25) is 0 Å². The van der Waals surface area contributed by atoms with Crippen molar-refractivity contribution in [3.05, 3.63) is 65.7 Å². The zero-order chi connectivity index (χ0) is 15.7. The number of benzene rings is 2. The maximum absolute atomic E-state index is 12.1. The highest BCUT2D eigenvalue weighted by Crippen LogP contribution is 2.35. The predicted octanol–water partition coefficient (Wildman–Crippen LogP) is 4.51. The number of fused-ring (bicyclic) bond motifs is 1. The van der Waals surface area contributed by atoms with E-state index in [4.69, 9.17) is 4.74 Å². The van der Waals surface area contributed by atoms with Crippen LogP contribution < -0.4 is 10.1 Å². The summed E-state index contributed by atoms with van der Waals surface area (Å²) < 4.78 is 5.47. The fourth-order valence-electron chi connectivity index (χ4n) is 2.76. The number of allylic oxidation sites excluding steroid dienone is 1. The average Bonchev–Trinajstić information content (AvgIpc) is 2.48. The molecule has 0 saturated heterocycles. The van der Waals surface area contributed by atoms with E-state index in [-0.39, 0.29) is 11.5 Å². The third-order valence-corrected chi connectivity index (χ3v) is 3.67. The quantitative estimate of drug-likeness (QED) is 0.654. The molecule has 0 aromatic heterocycles. The van der Waals surface area contributed by atoms with Gasteiger partial charge in [0.15, 0.2) is 0 Å². The monoisotopic (exact) mass is 293 g/mol. The van der Waals surface area contributed by atoms with Gasteiger partial charge in [-0.25, -0.2) is 4.79 Å². The van der Waals surface area contributed by atoms with Gasteiger partial charge in [-0.1, -0.05) is 24.3 Å². The van der Waals surface area contributed by atoms with Crippen molar-refractivity contribution in [1.82, 2.24) is 0 Å². The molecule has 0 amide bonds. The molecular formula is C19H19NO2. The molecule has 3 nitrogen and oxygen atoms in total. The third-order valence-electron chi connectivity index (χ3n) is 3.67.